The van der Waals surface area contributed by atoms with Crippen molar-refractivity contribution in [1.82, 2.24) is 9.55 Å². The summed E-state index contributed by atoms with van der Waals surface area (Å²) in [7, 11) is 0. The van der Waals surface area contributed by atoms with Crippen LogP contribution < -0.4 is 0 Å². The molecule has 0 N–H and O–H groups in total. The van der Waals surface area contributed by atoms with Crippen LogP contribution in [0, 0.1) is 0 Å². The van der Waals surface area contributed by atoms with Gasteiger partial charge in [0.25, 0.3) is 0 Å². The van der Waals surface area contributed by atoms with E-state index in [4.69, 9.17) is 0 Å². The fourth-order valence-electron chi connectivity index (χ4n) is 1.60. The van der Waals surface area contributed by atoms with E-state index in [0.29, 0.717) is 5.25 Å². The van der Waals surface area contributed by atoms with Crippen molar-refractivity contribution in [2.45, 2.75) is 12.2 Å². The molecule has 0 amide bonds. The molecule has 2 rings (SSSR count). The molecule has 1 atom stereocenters. The van der Waals surface area contributed by atoms with Crippen LogP contribution in [-0.2, 0) is 0 Å². The van der Waals surface area contributed by atoms with Crippen LogP contribution in [0.1, 0.15) is 17.7 Å². The largest absolute Gasteiger partial charge is 0.306 e. The molecule has 0 bridgehead atoms. The van der Waals surface area contributed by atoms with E-state index in [1.54, 1.807) is 6.20 Å². The molecule has 1 heterocycles. The Kier molecular flexibility index (Phi) is 3.11. The summed E-state index contributed by atoms with van der Waals surface area (Å²) >= 11 is 1.86. The minimum atomic E-state index is 0.503. The van der Waals surface area contributed by atoms with Gasteiger partial charge in [0.2, 0.25) is 0 Å². The van der Waals surface area contributed by atoms with Gasteiger partial charge >= 0.3 is 0 Å². The quantitative estimate of drug-likeness (QED) is 0.786. The average molecular weight is 218 g/mol. The van der Waals surface area contributed by atoms with Gasteiger partial charge in [-0.15, -0.1) is 0 Å². The third kappa shape index (κ3) is 2.07. The summed E-state index contributed by atoms with van der Waals surface area (Å²) in [6.07, 6.45) is 7.76. The fourth-order valence-corrected chi connectivity index (χ4v) is 2.05. The van der Waals surface area contributed by atoms with E-state index >= 15 is 0 Å². The zero-order chi connectivity index (χ0) is 10.7. The van der Waals surface area contributed by atoms with Crippen LogP contribution in [0.4, 0.5) is 0 Å². The molecular weight excluding hydrogens is 204 g/mol. The Morgan fingerprint density at radius 2 is 2.13 bits per heavy atom. The molecule has 78 valence electrons. The predicted molar refractivity (Wildman–Crippen MR) is 65.5 cm³/mol. The number of aromatic nitrogens is 2. The molecule has 0 aliphatic rings. The van der Waals surface area contributed by atoms with Crippen molar-refractivity contribution in [1.29, 1.82) is 0 Å². The van der Waals surface area contributed by atoms with Gasteiger partial charge in [-0.25, -0.2) is 4.98 Å². The maximum absolute atomic E-state index is 4.08. The average Bonchev–Trinajstić information content (AvgIpc) is 2.81. The number of thioether (sulfide) groups is 1. The van der Waals surface area contributed by atoms with Crippen molar-refractivity contribution < 1.29 is 0 Å². The fraction of sp³-hybridized carbons (Fsp3) is 0.250. The summed E-state index contributed by atoms with van der Waals surface area (Å²) < 4.78 is 2.06. The molecule has 1 aromatic carbocycles. The van der Waals surface area contributed by atoms with E-state index in [2.05, 4.69) is 47.0 Å². The van der Waals surface area contributed by atoms with Crippen molar-refractivity contribution in [2.24, 2.45) is 0 Å². The normalized spacial score (nSPS) is 12.7. The third-order valence-corrected chi connectivity index (χ3v) is 3.47. The van der Waals surface area contributed by atoms with Gasteiger partial charge in [0, 0.05) is 17.6 Å². The Bertz CT molecular complexity index is 423. The standard InChI is InChI=1S/C12H14N2S/c1-10(15-2)11-5-3-4-6-12(11)14-8-7-13-9-14/h3-10H,1-2H3. The highest BCUT2D eigenvalue weighted by Crippen LogP contribution is 2.30. The molecule has 15 heavy (non-hydrogen) atoms. The second-order valence-corrected chi connectivity index (χ2v) is 4.59. The van der Waals surface area contributed by atoms with Gasteiger partial charge in [-0.3, -0.25) is 0 Å². The zero-order valence-corrected chi connectivity index (χ0v) is 9.74. The Labute approximate surface area is 94.3 Å². The number of hydrogen-bond donors (Lipinski definition) is 0. The first-order valence-corrected chi connectivity index (χ1v) is 6.21. The minimum absolute atomic E-state index is 0.503. The van der Waals surface area contributed by atoms with Crippen LogP contribution >= 0.6 is 11.8 Å². The molecule has 1 aromatic heterocycles. The summed E-state index contributed by atoms with van der Waals surface area (Å²) in [6, 6.07) is 8.45. The van der Waals surface area contributed by atoms with E-state index < -0.39 is 0 Å². The summed E-state index contributed by atoms with van der Waals surface area (Å²) in [5, 5.41) is 0.503. The van der Waals surface area contributed by atoms with Crippen molar-refractivity contribution in [3.8, 4) is 5.69 Å². The minimum Gasteiger partial charge on any atom is -0.306 e. The first kappa shape index (κ1) is 10.3. The van der Waals surface area contributed by atoms with Crippen LogP contribution in [0.15, 0.2) is 43.0 Å². The second-order valence-electron chi connectivity index (χ2n) is 3.41. The Morgan fingerprint density at radius 1 is 1.33 bits per heavy atom. The summed E-state index contributed by atoms with van der Waals surface area (Å²) in [5.41, 5.74) is 2.57. The van der Waals surface area contributed by atoms with E-state index in [1.807, 2.05) is 24.3 Å². The maximum Gasteiger partial charge on any atom is 0.0991 e. The molecule has 0 spiro atoms. The second kappa shape index (κ2) is 4.53. The molecule has 2 nitrogen and oxygen atoms in total. The zero-order valence-electron chi connectivity index (χ0n) is 8.92. The molecule has 0 fully saturated rings. The molecule has 0 aliphatic heterocycles. The number of para-hydroxylation sites is 1. The Hall–Kier alpha value is -1.22. The van der Waals surface area contributed by atoms with Crippen LogP contribution in [0.3, 0.4) is 0 Å². The number of imidazole rings is 1. The van der Waals surface area contributed by atoms with Gasteiger partial charge in [-0.2, -0.15) is 11.8 Å². The van der Waals surface area contributed by atoms with Crippen molar-refractivity contribution in [3.63, 3.8) is 0 Å². The van der Waals surface area contributed by atoms with Crippen LogP contribution in [0.25, 0.3) is 5.69 Å². The molecule has 2 aromatic rings. The van der Waals surface area contributed by atoms with Gasteiger partial charge in [-0.05, 0) is 24.8 Å². The number of rotatable bonds is 3. The molecule has 0 aliphatic carbocycles. The van der Waals surface area contributed by atoms with Crippen LogP contribution in [0.2, 0.25) is 0 Å². The highest BCUT2D eigenvalue weighted by Gasteiger charge is 2.09. The SMILES string of the molecule is CSC(C)c1ccccc1-n1ccnc1. The van der Waals surface area contributed by atoms with Gasteiger partial charge in [-0.1, -0.05) is 18.2 Å². The van der Waals surface area contributed by atoms with E-state index in [9.17, 15) is 0 Å². The molecule has 0 saturated carbocycles. The maximum atomic E-state index is 4.08. The van der Waals surface area contributed by atoms with E-state index in [-0.39, 0.29) is 0 Å². The molecule has 0 radical (unpaired) electrons. The third-order valence-electron chi connectivity index (χ3n) is 2.51. The van der Waals surface area contributed by atoms with Crippen molar-refractivity contribution in [3.05, 3.63) is 48.5 Å². The topological polar surface area (TPSA) is 17.8 Å². The lowest BCUT2D eigenvalue weighted by Crippen LogP contribution is -1.98. The highest BCUT2D eigenvalue weighted by atomic mass is 32.2. The summed E-state index contributed by atoms with van der Waals surface area (Å²) in [4.78, 5) is 4.08. The monoisotopic (exact) mass is 218 g/mol. The first-order valence-electron chi connectivity index (χ1n) is 4.93. The first-order chi connectivity index (χ1) is 7.33. The van der Waals surface area contributed by atoms with E-state index in [1.165, 1.54) is 11.3 Å². The Balaban J connectivity index is 2.47. The number of benzene rings is 1. The summed E-state index contributed by atoms with van der Waals surface area (Å²) in [5.74, 6) is 0. The van der Waals surface area contributed by atoms with Crippen LogP contribution in [-0.4, -0.2) is 15.8 Å². The number of nitrogens with zero attached hydrogens (tertiary/aromatic N) is 2. The van der Waals surface area contributed by atoms with Gasteiger partial charge in [0.15, 0.2) is 0 Å². The van der Waals surface area contributed by atoms with Gasteiger partial charge in [0.1, 0.15) is 0 Å². The molecule has 3 heteroatoms. The molecular formula is C12H14N2S. The lowest BCUT2D eigenvalue weighted by atomic mass is 10.1. The number of hydrogen-bond acceptors (Lipinski definition) is 2. The van der Waals surface area contributed by atoms with E-state index in [0.717, 1.165) is 0 Å². The molecule has 1 unspecified atom stereocenters. The van der Waals surface area contributed by atoms with Gasteiger partial charge < -0.3 is 4.57 Å². The summed E-state index contributed by atoms with van der Waals surface area (Å²) in [6.45, 7) is 2.22. The predicted octanol–water partition coefficient (Wildman–Crippen LogP) is 3.30. The lowest BCUT2D eigenvalue weighted by molar-refractivity contribution is 0.993. The van der Waals surface area contributed by atoms with Crippen molar-refractivity contribution >= 4 is 11.8 Å². The lowest BCUT2D eigenvalue weighted by Gasteiger charge is -2.14. The van der Waals surface area contributed by atoms with Gasteiger partial charge in [0.05, 0.1) is 12.0 Å². The van der Waals surface area contributed by atoms with Crippen molar-refractivity contribution in [2.75, 3.05) is 6.26 Å². The smallest absolute Gasteiger partial charge is 0.0991 e. The Morgan fingerprint density at radius 3 is 2.80 bits per heavy atom. The highest BCUT2D eigenvalue weighted by molar-refractivity contribution is 7.98. The van der Waals surface area contributed by atoms with Crippen LogP contribution in [0.5, 0.6) is 0 Å². The molecule has 0 saturated heterocycles.